The second-order valence-electron chi connectivity index (χ2n) is 4.21. The fraction of sp³-hybridized carbons (Fsp3) is 0.417. The highest BCUT2D eigenvalue weighted by atomic mass is 35.5. The summed E-state index contributed by atoms with van der Waals surface area (Å²) >= 11 is 11.0. The quantitative estimate of drug-likeness (QED) is 0.793. The van der Waals surface area contributed by atoms with Crippen LogP contribution in [0.5, 0.6) is 0 Å². The summed E-state index contributed by atoms with van der Waals surface area (Å²) in [6.45, 7) is 0.959. The van der Waals surface area contributed by atoms with Crippen molar-refractivity contribution in [1.29, 1.82) is 0 Å². The molecule has 2 rings (SSSR count). The number of hydrogen-bond acceptors (Lipinski definition) is 2. The van der Waals surface area contributed by atoms with Gasteiger partial charge in [0.05, 0.1) is 0 Å². The average molecular weight is 255 g/mol. The zero-order chi connectivity index (χ0) is 11.5. The molecule has 0 amide bonds. The van der Waals surface area contributed by atoms with Gasteiger partial charge in [0.1, 0.15) is 4.99 Å². The largest absolute Gasteiger partial charge is 0.389 e. The van der Waals surface area contributed by atoms with E-state index in [0.717, 1.165) is 23.7 Å². The number of anilines is 1. The van der Waals surface area contributed by atoms with Crippen molar-refractivity contribution in [3.05, 3.63) is 28.8 Å². The van der Waals surface area contributed by atoms with Crippen LogP contribution in [0.4, 0.5) is 5.69 Å². The van der Waals surface area contributed by atoms with E-state index in [2.05, 4.69) is 5.32 Å². The summed E-state index contributed by atoms with van der Waals surface area (Å²) in [6.07, 6.45) is 3.96. The summed E-state index contributed by atoms with van der Waals surface area (Å²) in [5.41, 5.74) is 7.47. The van der Waals surface area contributed by atoms with E-state index in [1.165, 1.54) is 19.3 Å². The third-order valence-corrected chi connectivity index (χ3v) is 3.27. The molecule has 16 heavy (non-hydrogen) atoms. The van der Waals surface area contributed by atoms with E-state index in [1.54, 1.807) is 0 Å². The Bertz CT molecular complexity index is 402. The lowest BCUT2D eigenvalue weighted by molar-refractivity contribution is 0.760. The third-order valence-electron chi connectivity index (χ3n) is 2.81. The molecule has 0 aliphatic heterocycles. The van der Waals surface area contributed by atoms with E-state index in [9.17, 15) is 0 Å². The molecule has 1 aliphatic carbocycles. The fourth-order valence-corrected chi connectivity index (χ4v) is 2.05. The Kier molecular flexibility index (Phi) is 3.66. The first-order chi connectivity index (χ1) is 7.66. The van der Waals surface area contributed by atoms with Crippen molar-refractivity contribution < 1.29 is 0 Å². The molecule has 0 unspecified atom stereocenters. The molecule has 0 atom stereocenters. The normalized spacial score (nSPS) is 14.8. The molecule has 0 aromatic heterocycles. The summed E-state index contributed by atoms with van der Waals surface area (Å²) in [6, 6.07) is 5.55. The monoisotopic (exact) mass is 254 g/mol. The van der Waals surface area contributed by atoms with Gasteiger partial charge >= 0.3 is 0 Å². The predicted octanol–water partition coefficient (Wildman–Crippen LogP) is 3.19. The standard InChI is InChI=1S/C12H15ClN2S/c13-9-3-4-10(12(14)16)11(7-9)15-6-5-8-1-2-8/h3-4,7-8,15H,1-2,5-6H2,(H2,14,16). The summed E-state index contributed by atoms with van der Waals surface area (Å²) in [5, 5.41) is 4.06. The van der Waals surface area contributed by atoms with Gasteiger partial charge in [-0.25, -0.2) is 0 Å². The van der Waals surface area contributed by atoms with Crippen LogP contribution in [0.1, 0.15) is 24.8 Å². The number of thiocarbonyl (C=S) groups is 1. The molecule has 86 valence electrons. The zero-order valence-corrected chi connectivity index (χ0v) is 10.6. The van der Waals surface area contributed by atoms with Crippen molar-refractivity contribution in [3.8, 4) is 0 Å². The van der Waals surface area contributed by atoms with Gasteiger partial charge in [-0.15, -0.1) is 0 Å². The first kappa shape index (κ1) is 11.7. The van der Waals surface area contributed by atoms with Crippen LogP contribution in [0.25, 0.3) is 0 Å². The molecule has 1 aromatic rings. The molecule has 0 radical (unpaired) electrons. The first-order valence-corrected chi connectivity index (χ1v) is 6.28. The van der Waals surface area contributed by atoms with Gasteiger partial charge in [0, 0.05) is 22.8 Å². The summed E-state index contributed by atoms with van der Waals surface area (Å²) in [5.74, 6) is 0.917. The lowest BCUT2D eigenvalue weighted by atomic mass is 10.1. The molecular weight excluding hydrogens is 240 g/mol. The van der Waals surface area contributed by atoms with Crippen molar-refractivity contribution >= 4 is 34.5 Å². The van der Waals surface area contributed by atoms with E-state index >= 15 is 0 Å². The fourth-order valence-electron chi connectivity index (χ4n) is 1.70. The van der Waals surface area contributed by atoms with Gasteiger partial charge in [-0.3, -0.25) is 0 Å². The lowest BCUT2D eigenvalue weighted by Crippen LogP contribution is -2.14. The van der Waals surface area contributed by atoms with Crippen LogP contribution in [0.2, 0.25) is 5.02 Å². The Morgan fingerprint density at radius 1 is 1.50 bits per heavy atom. The third kappa shape index (κ3) is 3.09. The molecule has 0 spiro atoms. The van der Waals surface area contributed by atoms with E-state index in [0.29, 0.717) is 10.0 Å². The topological polar surface area (TPSA) is 38.0 Å². The molecule has 1 aliphatic rings. The van der Waals surface area contributed by atoms with Crippen LogP contribution in [-0.2, 0) is 0 Å². The number of nitrogens with two attached hydrogens (primary N) is 1. The van der Waals surface area contributed by atoms with Crippen molar-refractivity contribution in [3.63, 3.8) is 0 Å². The minimum Gasteiger partial charge on any atom is -0.389 e. The number of benzene rings is 1. The Morgan fingerprint density at radius 3 is 2.88 bits per heavy atom. The molecule has 1 saturated carbocycles. The number of rotatable bonds is 5. The van der Waals surface area contributed by atoms with Crippen molar-refractivity contribution in [2.24, 2.45) is 11.7 Å². The van der Waals surface area contributed by atoms with Crippen LogP contribution >= 0.6 is 23.8 Å². The second-order valence-corrected chi connectivity index (χ2v) is 5.09. The maximum absolute atomic E-state index is 5.95. The SMILES string of the molecule is NC(=S)c1ccc(Cl)cc1NCCC1CC1. The maximum atomic E-state index is 5.95. The van der Waals surface area contributed by atoms with Gasteiger partial charge in [-0.1, -0.05) is 36.7 Å². The summed E-state index contributed by atoms with van der Waals surface area (Å²) < 4.78 is 0. The van der Waals surface area contributed by atoms with E-state index < -0.39 is 0 Å². The van der Waals surface area contributed by atoms with E-state index in [4.69, 9.17) is 29.6 Å². The molecule has 0 heterocycles. The molecule has 2 nitrogen and oxygen atoms in total. The van der Waals surface area contributed by atoms with Crippen LogP contribution in [0, 0.1) is 5.92 Å². The molecule has 1 fully saturated rings. The lowest BCUT2D eigenvalue weighted by Gasteiger charge is -2.11. The van der Waals surface area contributed by atoms with Gasteiger partial charge in [0.15, 0.2) is 0 Å². The van der Waals surface area contributed by atoms with Crippen LogP contribution < -0.4 is 11.1 Å². The number of hydrogen-bond donors (Lipinski definition) is 2. The number of halogens is 1. The Hall–Kier alpha value is -0.800. The van der Waals surface area contributed by atoms with Crippen LogP contribution in [-0.4, -0.2) is 11.5 Å². The minimum atomic E-state index is 0.408. The molecular formula is C12H15ClN2S. The second kappa shape index (κ2) is 5.02. The highest BCUT2D eigenvalue weighted by Gasteiger charge is 2.20. The van der Waals surface area contributed by atoms with Crippen LogP contribution in [0.15, 0.2) is 18.2 Å². The van der Waals surface area contributed by atoms with E-state index in [-0.39, 0.29) is 0 Å². The highest BCUT2D eigenvalue weighted by molar-refractivity contribution is 7.80. The van der Waals surface area contributed by atoms with Gasteiger partial charge in [-0.2, -0.15) is 0 Å². The molecule has 0 bridgehead atoms. The zero-order valence-electron chi connectivity index (χ0n) is 9.00. The predicted molar refractivity (Wildman–Crippen MR) is 73.2 cm³/mol. The molecule has 4 heteroatoms. The maximum Gasteiger partial charge on any atom is 0.106 e. The van der Waals surface area contributed by atoms with E-state index in [1.807, 2.05) is 18.2 Å². The Balaban J connectivity index is 2.03. The van der Waals surface area contributed by atoms with Crippen LogP contribution in [0.3, 0.4) is 0 Å². The number of nitrogens with one attached hydrogen (secondary N) is 1. The minimum absolute atomic E-state index is 0.408. The van der Waals surface area contributed by atoms with Gasteiger partial charge in [-0.05, 0) is 30.5 Å². The summed E-state index contributed by atoms with van der Waals surface area (Å²) in [4.78, 5) is 0.408. The van der Waals surface area contributed by atoms with Crippen molar-refractivity contribution in [2.45, 2.75) is 19.3 Å². The van der Waals surface area contributed by atoms with Gasteiger partial charge in [0.25, 0.3) is 0 Å². The van der Waals surface area contributed by atoms with Gasteiger partial charge < -0.3 is 11.1 Å². The first-order valence-electron chi connectivity index (χ1n) is 5.50. The Morgan fingerprint density at radius 2 is 2.25 bits per heavy atom. The average Bonchev–Trinajstić information content (AvgIpc) is 3.01. The Labute approximate surface area is 106 Å². The van der Waals surface area contributed by atoms with Gasteiger partial charge in [0.2, 0.25) is 0 Å². The molecule has 3 N–H and O–H groups in total. The summed E-state index contributed by atoms with van der Waals surface area (Å²) in [7, 11) is 0. The van der Waals surface area contributed by atoms with Crippen molar-refractivity contribution in [1.82, 2.24) is 0 Å². The highest BCUT2D eigenvalue weighted by Crippen LogP contribution is 2.32. The molecule has 1 aromatic carbocycles. The molecule has 0 saturated heterocycles. The smallest absolute Gasteiger partial charge is 0.106 e. The van der Waals surface area contributed by atoms with Crippen molar-refractivity contribution in [2.75, 3.05) is 11.9 Å².